The molecule has 0 radical (unpaired) electrons. The second kappa shape index (κ2) is 2.44. The Hall–Kier alpha value is -0.110. The van der Waals surface area contributed by atoms with E-state index >= 15 is 0 Å². The fourth-order valence-corrected chi connectivity index (χ4v) is 1.07. The Balaban J connectivity index is 2.30. The van der Waals surface area contributed by atoms with Crippen molar-refractivity contribution in [1.82, 2.24) is 5.32 Å². The third-order valence-corrected chi connectivity index (χ3v) is 1.88. The molecule has 1 aliphatic rings. The summed E-state index contributed by atoms with van der Waals surface area (Å²) in [6.45, 7) is 3.80. The van der Waals surface area contributed by atoms with Crippen molar-refractivity contribution >= 4 is 0 Å². The molecule has 0 spiro atoms. The summed E-state index contributed by atoms with van der Waals surface area (Å²) in [5, 5.41) is 3.13. The summed E-state index contributed by atoms with van der Waals surface area (Å²) in [4.78, 5) is 0. The highest BCUT2D eigenvalue weighted by molar-refractivity contribution is 4.76. The van der Waals surface area contributed by atoms with Crippen LogP contribution in [0.2, 0.25) is 0 Å². The summed E-state index contributed by atoms with van der Waals surface area (Å²) in [6, 6.07) is 0. The zero-order valence-corrected chi connectivity index (χ0v) is 5.15. The van der Waals surface area contributed by atoms with Gasteiger partial charge in [-0.3, -0.25) is 4.39 Å². The Morgan fingerprint density at radius 3 is 2.62 bits per heavy atom. The van der Waals surface area contributed by atoms with Crippen molar-refractivity contribution in [3.8, 4) is 0 Å². The summed E-state index contributed by atoms with van der Waals surface area (Å²) in [6.07, 6.45) is 0. The first-order valence-corrected chi connectivity index (χ1v) is 3.11. The second-order valence-electron chi connectivity index (χ2n) is 2.55. The Bertz CT molecular complexity index is 74.9. The topological polar surface area (TPSA) is 12.0 Å². The van der Waals surface area contributed by atoms with Gasteiger partial charge in [-0.1, -0.05) is 6.92 Å². The third-order valence-electron chi connectivity index (χ3n) is 1.88. The van der Waals surface area contributed by atoms with Gasteiger partial charge < -0.3 is 5.32 Å². The molecule has 0 unspecified atom stereocenters. The Morgan fingerprint density at radius 2 is 2.38 bits per heavy atom. The predicted octanol–water partition coefficient (Wildman–Crippen LogP) is 0.811. The summed E-state index contributed by atoms with van der Waals surface area (Å²) in [7, 11) is 0. The average Bonchev–Trinajstić information content (AvgIpc) is 2.14. The van der Waals surface area contributed by atoms with Gasteiger partial charge in [0.25, 0.3) is 0 Å². The number of hydrogen-bond acceptors (Lipinski definition) is 1. The monoisotopic (exact) mass is 117 g/mol. The van der Waals surface area contributed by atoms with Crippen LogP contribution in [0.3, 0.4) is 0 Å². The third kappa shape index (κ3) is 0.996. The highest BCUT2D eigenvalue weighted by Crippen LogP contribution is 2.15. The van der Waals surface area contributed by atoms with E-state index in [1.165, 1.54) is 0 Å². The number of alkyl halides is 1. The SMILES string of the molecule is C[C@@H]1CNC[C@@H]1CF. The van der Waals surface area contributed by atoms with Crippen LogP contribution in [0, 0.1) is 11.8 Å². The van der Waals surface area contributed by atoms with Gasteiger partial charge in [-0.05, 0) is 12.5 Å². The predicted molar refractivity (Wildman–Crippen MR) is 31.5 cm³/mol. The Morgan fingerprint density at radius 1 is 1.62 bits per heavy atom. The first-order chi connectivity index (χ1) is 3.84. The molecule has 2 atom stereocenters. The van der Waals surface area contributed by atoms with E-state index in [1.807, 2.05) is 0 Å². The summed E-state index contributed by atoms with van der Waals surface area (Å²) in [5.41, 5.74) is 0. The molecule has 48 valence electrons. The van der Waals surface area contributed by atoms with Crippen molar-refractivity contribution in [3.05, 3.63) is 0 Å². The highest BCUT2D eigenvalue weighted by Gasteiger charge is 2.21. The van der Waals surface area contributed by atoms with Gasteiger partial charge in [-0.15, -0.1) is 0 Å². The van der Waals surface area contributed by atoms with E-state index in [-0.39, 0.29) is 12.6 Å². The van der Waals surface area contributed by atoms with Crippen LogP contribution in [0.5, 0.6) is 0 Å². The van der Waals surface area contributed by atoms with Crippen LogP contribution in [0.15, 0.2) is 0 Å². The van der Waals surface area contributed by atoms with Gasteiger partial charge in [-0.25, -0.2) is 0 Å². The van der Waals surface area contributed by atoms with Gasteiger partial charge in [0.05, 0.1) is 6.67 Å². The molecule has 1 fully saturated rings. The van der Waals surface area contributed by atoms with E-state index in [9.17, 15) is 4.39 Å². The maximum atomic E-state index is 11.9. The number of hydrogen-bond donors (Lipinski definition) is 1. The molecule has 0 aromatic rings. The molecule has 1 aliphatic heterocycles. The standard InChI is InChI=1S/C6H12FN/c1-5-3-8-4-6(5)2-7/h5-6,8H,2-4H2,1H3/t5-,6+/m1/s1. The lowest BCUT2D eigenvalue weighted by Crippen LogP contribution is -2.11. The van der Waals surface area contributed by atoms with Gasteiger partial charge in [0.15, 0.2) is 0 Å². The van der Waals surface area contributed by atoms with E-state index in [0.29, 0.717) is 5.92 Å². The van der Waals surface area contributed by atoms with Crippen LogP contribution in [0.1, 0.15) is 6.92 Å². The molecule has 8 heavy (non-hydrogen) atoms. The molecule has 1 heterocycles. The summed E-state index contributed by atoms with van der Waals surface area (Å²) < 4.78 is 11.9. The maximum Gasteiger partial charge on any atom is 0.0937 e. The largest absolute Gasteiger partial charge is 0.316 e. The van der Waals surface area contributed by atoms with Crippen molar-refractivity contribution in [2.75, 3.05) is 19.8 Å². The molecule has 0 bridgehead atoms. The smallest absolute Gasteiger partial charge is 0.0937 e. The molecule has 0 aliphatic carbocycles. The van der Waals surface area contributed by atoms with Crippen LogP contribution in [0.25, 0.3) is 0 Å². The highest BCUT2D eigenvalue weighted by atomic mass is 19.1. The van der Waals surface area contributed by atoms with E-state index in [4.69, 9.17) is 0 Å². The first kappa shape index (κ1) is 6.02. The van der Waals surface area contributed by atoms with Crippen LogP contribution < -0.4 is 5.32 Å². The molecule has 0 aromatic carbocycles. The average molecular weight is 117 g/mol. The molecule has 1 saturated heterocycles. The summed E-state index contributed by atoms with van der Waals surface area (Å²) in [5.74, 6) is 0.829. The quantitative estimate of drug-likeness (QED) is 0.536. The van der Waals surface area contributed by atoms with Crippen LogP contribution in [0.4, 0.5) is 4.39 Å². The van der Waals surface area contributed by atoms with Crippen molar-refractivity contribution in [1.29, 1.82) is 0 Å². The number of halogens is 1. The lowest BCUT2D eigenvalue weighted by Gasteiger charge is -2.06. The number of nitrogens with one attached hydrogen (secondary N) is 1. The van der Waals surface area contributed by atoms with Crippen LogP contribution in [-0.2, 0) is 0 Å². The minimum absolute atomic E-state index is 0.159. The normalized spacial score (nSPS) is 38.2. The van der Waals surface area contributed by atoms with E-state index < -0.39 is 0 Å². The van der Waals surface area contributed by atoms with E-state index in [0.717, 1.165) is 13.1 Å². The zero-order chi connectivity index (χ0) is 5.98. The van der Waals surface area contributed by atoms with Gasteiger partial charge >= 0.3 is 0 Å². The molecule has 0 aromatic heterocycles. The van der Waals surface area contributed by atoms with Gasteiger partial charge in [0.2, 0.25) is 0 Å². The number of rotatable bonds is 1. The fraction of sp³-hybridized carbons (Fsp3) is 1.00. The second-order valence-corrected chi connectivity index (χ2v) is 2.55. The lowest BCUT2D eigenvalue weighted by molar-refractivity contribution is 0.329. The molecular weight excluding hydrogens is 105 g/mol. The first-order valence-electron chi connectivity index (χ1n) is 3.11. The maximum absolute atomic E-state index is 11.9. The molecule has 0 amide bonds. The van der Waals surface area contributed by atoms with Crippen molar-refractivity contribution < 1.29 is 4.39 Å². The molecule has 0 saturated carbocycles. The van der Waals surface area contributed by atoms with Crippen LogP contribution >= 0.6 is 0 Å². The van der Waals surface area contributed by atoms with Crippen molar-refractivity contribution in [3.63, 3.8) is 0 Å². The molecule has 1 rings (SSSR count). The minimum atomic E-state index is -0.159. The zero-order valence-electron chi connectivity index (χ0n) is 5.15. The van der Waals surface area contributed by atoms with Gasteiger partial charge in [0, 0.05) is 12.5 Å². The molecule has 1 nitrogen and oxygen atoms in total. The Kier molecular flexibility index (Phi) is 1.84. The van der Waals surface area contributed by atoms with Gasteiger partial charge in [0.1, 0.15) is 0 Å². The van der Waals surface area contributed by atoms with Crippen molar-refractivity contribution in [2.24, 2.45) is 11.8 Å². The molecule has 2 heteroatoms. The van der Waals surface area contributed by atoms with Gasteiger partial charge in [-0.2, -0.15) is 0 Å². The van der Waals surface area contributed by atoms with Crippen molar-refractivity contribution in [2.45, 2.75) is 6.92 Å². The lowest BCUT2D eigenvalue weighted by atomic mass is 10.0. The Labute approximate surface area is 49.3 Å². The van der Waals surface area contributed by atoms with Crippen LogP contribution in [-0.4, -0.2) is 19.8 Å². The van der Waals surface area contributed by atoms with E-state index in [1.54, 1.807) is 0 Å². The summed E-state index contributed by atoms with van der Waals surface area (Å²) >= 11 is 0. The molecule has 1 N–H and O–H groups in total. The minimum Gasteiger partial charge on any atom is -0.316 e. The molecular formula is C6H12FN. The van der Waals surface area contributed by atoms with E-state index in [2.05, 4.69) is 12.2 Å². The fourth-order valence-electron chi connectivity index (χ4n) is 1.07.